The largest absolute Gasteiger partial charge is 0.416 e. The second-order valence-electron chi connectivity index (χ2n) is 8.53. The number of alkyl halides is 3. The number of hydrogen-bond acceptors (Lipinski definition) is 5. The summed E-state index contributed by atoms with van der Waals surface area (Å²) in [6, 6.07) is 13.8. The van der Waals surface area contributed by atoms with Crippen molar-refractivity contribution in [2.45, 2.75) is 26.6 Å². The fraction of sp³-hybridized carbons (Fsp3) is 0.320. The number of hydrogen-bond donors (Lipinski definition) is 3. The van der Waals surface area contributed by atoms with Gasteiger partial charge in [0.05, 0.1) is 11.1 Å². The van der Waals surface area contributed by atoms with Crippen LogP contribution in [-0.4, -0.2) is 48.1 Å². The Bertz CT molecular complexity index is 1120. The summed E-state index contributed by atoms with van der Waals surface area (Å²) in [6.45, 7) is 4.45. The third-order valence-corrected chi connectivity index (χ3v) is 5.37. The van der Waals surface area contributed by atoms with E-state index >= 15 is 0 Å². The second kappa shape index (κ2) is 10.6. The van der Waals surface area contributed by atoms with Crippen LogP contribution in [0.1, 0.15) is 25.0 Å². The first-order chi connectivity index (χ1) is 16.5. The van der Waals surface area contributed by atoms with Gasteiger partial charge < -0.3 is 10.6 Å². The Morgan fingerprint density at radius 2 is 1.71 bits per heavy atom. The van der Waals surface area contributed by atoms with Crippen LogP contribution >= 0.6 is 0 Å². The zero-order chi connectivity index (χ0) is 25.8. The maximum absolute atomic E-state index is 12.9. The maximum atomic E-state index is 12.9. The van der Waals surface area contributed by atoms with Crippen molar-refractivity contribution in [1.29, 1.82) is 5.41 Å². The van der Waals surface area contributed by atoms with Crippen LogP contribution in [0.3, 0.4) is 0 Å². The van der Waals surface area contributed by atoms with Gasteiger partial charge in [-0.1, -0.05) is 44.2 Å². The normalized spacial score (nSPS) is 17.3. The first kappa shape index (κ1) is 25.8. The van der Waals surface area contributed by atoms with Gasteiger partial charge in [-0.3, -0.25) is 20.2 Å². The van der Waals surface area contributed by atoms with Crippen LogP contribution in [0.2, 0.25) is 0 Å². The molecule has 1 fully saturated rings. The van der Waals surface area contributed by atoms with Crippen LogP contribution in [0.5, 0.6) is 0 Å². The van der Waals surface area contributed by atoms with E-state index in [1.807, 2.05) is 44.2 Å². The Labute approximate surface area is 202 Å². The molecule has 3 N–H and O–H groups in total. The van der Waals surface area contributed by atoms with Crippen LogP contribution in [0.4, 0.5) is 23.7 Å². The molecule has 0 unspecified atom stereocenters. The minimum atomic E-state index is -4.41. The molecular formula is C25H29F3N6O. The van der Waals surface area contributed by atoms with Crippen molar-refractivity contribution >= 4 is 23.4 Å². The smallest absolute Gasteiger partial charge is 0.367 e. The quantitative estimate of drug-likeness (QED) is 0.506. The number of para-hydroxylation sites is 1. The van der Waals surface area contributed by atoms with Gasteiger partial charge in [0, 0.05) is 32.9 Å². The van der Waals surface area contributed by atoms with E-state index in [0.29, 0.717) is 29.3 Å². The zero-order valence-electron chi connectivity index (χ0n) is 20.1. The summed E-state index contributed by atoms with van der Waals surface area (Å²) >= 11 is 0. The maximum Gasteiger partial charge on any atom is 0.416 e. The molecule has 3 rings (SSSR count). The lowest BCUT2D eigenvalue weighted by Gasteiger charge is -2.38. The highest BCUT2D eigenvalue weighted by Gasteiger charge is 2.38. The number of halogens is 3. The number of carbonyl (C=O) groups excluding carboxylic acids is 1. The number of carbonyl (C=O) groups is 1. The minimum Gasteiger partial charge on any atom is -0.367 e. The molecule has 0 spiro atoms. The van der Waals surface area contributed by atoms with Crippen LogP contribution in [0, 0.1) is 11.3 Å². The predicted octanol–water partition coefficient (Wildman–Crippen LogP) is 5.15. The van der Waals surface area contributed by atoms with Crippen LogP contribution < -0.4 is 10.6 Å². The van der Waals surface area contributed by atoms with Gasteiger partial charge in [0.15, 0.2) is 0 Å². The highest BCUT2D eigenvalue weighted by atomic mass is 19.4. The van der Waals surface area contributed by atoms with Gasteiger partial charge in [0.1, 0.15) is 17.5 Å². The molecule has 186 valence electrons. The molecule has 35 heavy (non-hydrogen) atoms. The Morgan fingerprint density at radius 3 is 2.26 bits per heavy atom. The molecule has 2 aromatic carbocycles. The van der Waals surface area contributed by atoms with Crippen LogP contribution in [-0.2, 0) is 12.7 Å². The molecule has 1 aliphatic heterocycles. The van der Waals surface area contributed by atoms with Crippen LogP contribution in [0.25, 0.3) is 0 Å². The number of benzene rings is 2. The summed E-state index contributed by atoms with van der Waals surface area (Å²) in [4.78, 5) is 20.0. The van der Waals surface area contributed by atoms with Gasteiger partial charge in [0.25, 0.3) is 0 Å². The zero-order valence-corrected chi connectivity index (χ0v) is 20.1. The molecule has 1 saturated heterocycles. The average molecular weight is 487 g/mol. The molecule has 2 aromatic rings. The molecule has 0 radical (unpaired) electrons. The second-order valence-corrected chi connectivity index (χ2v) is 8.53. The molecule has 0 atom stereocenters. The summed E-state index contributed by atoms with van der Waals surface area (Å²) in [5.41, 5.74) is 1.01. The number of nitrogens with one attached hydrogen (secondary N) is 3. The minimum absolute atomic E-state index is 0.0132. The van der Waals surface area contributed by atoms with E-state index in [-0.39, 0.29) is 24.3 Å². The number of aliphatic imine (C=N–C) groups is 1. The highest BCUT2D eigenvalue weighted by Crippen LogP contribution is 2.29. The number of nitrogens with zero attached hydrogens (tertiary/aromatic N) is 3. The monoisotopic (exact) mass is 486 g/mol. The summed E-state index contributed by atoms with van der Waals surface area (Å²) < 4.78 is 38.8. The van der Waals surface area contributed by atoms with Gasteiger partial charge in [-0.2, -0.15) is 13.2 Å². The fourth-order valence-electron chi connectivity index (χ4n) is 3.67. The molecule has 0 saturated carbocycles. The number of urea groups is 1. The van der Waals surface area contributed by atoms with Gasteiger partial charge >= 0.3 is 12.2 Å². The van der Waals surface area contributed by atoms with Crippen LogP contribution in [0.15, 0.2) is 71.0 Å². The lowest BCUT2D eigenvalue weighted by Crippen LogP contribution is -2.56. The van der Waals surface area contributed by atoms with E-state index in [2.05, 4.69) is 15.6 Å². The summed E-state index contributed by atoms with van der Waals surface area (Å²) in [5.74, 6) is 0.827. The first-order valence-electron chi connectivity index (χ1n) is 11.1. The summed E-state index contributed by atoms with van der Waals surface area (Å²) in [7, 11) is 3.14. The van der Waals surface area contributed by atoms with Gasteiger partial charge in [0.2, 0.25) is 0 Å². The third kappa shape index (κ3) is 6.00. The number of rotatable bonds is 7. The van der Waals surface area contributed by atoms with Crippen molar-refractivity contribution in [2.24, 2.45) is 10.9 Å². The summed E-state index contributed by atoms with van der Waals surface area (Å²) in [5, 5.41) is 15.3. The van der Waals surface area contributed by atoms with E-state index in [4.69, 9.17) is 5.41 Å². The van der Waals surface area contributed by atoms with Crippen molar-refractivity contribution in [2.75, 3.05) is 26.0 Å². The van der Waals surface area contributed by atoms with Crippen molar-refractivity contribution < 1.29 is 18.0 Å². The molecule has 0 aliphatic carbocycles. The van der Waals surface area contributed by atoms with Crippen molar-refractivity contribution in [1.82, 2.24) is 15.1 Å². The van der Waals surface area contributed by atoms with E-state index in [0.717, 1.165) is 17.8 Å². The molecule has 7 nitrogen and oxygen atoms in total. The Hall–Kier alpha value is -3.82. The molecule has 1 aliphatic rings. The van der Waals surface area contributed by atoms with Crippen molar-refractivity contribution in [3.63, 3.8) is 0 Å². The number of amidine groups is 2. The van der Waals surface area contributed by atoms with Gasteiger partial charge in [-0.15, -0.1) is 0 Å². The lowest BCUT2D eigenvalue weighted by atomic mass is 10.1. The molecule has 1 heterocycles. The number of likely N-dealkylation sites (N-methyl/N-ethyl adjacent to an activating group) is 1. The van der Waals surface area contributed by atoms with E-state index in [1.165, 1.54) is 21.9 Å². The topological polar surface area (TPSA) is 83.8 Å². The number of amides is 2. The van der Waals surface area contributed by atoms with E-state index < -0.39 is 11.7 Å². The average Bonchev–Trinajstić information content (AvgIpc) is 2.82. The SMILES string of the molecule is C/N=C1/C(=C(/NCc2ccc(C(F)(F)F)cc2)Nc2ccccc2)C(=N)N(CC(C)C)C(=O)N1C. The van der Waals surface area contributed by atoms with Gasteiger partial charge in [-0.25, -0.2) is 4.79 Å². The third-order valence-electron chi connectivity index (χ3n) is 5.37. The molecule has 0 bridgehead atoms. The van der Waals surface area contributed by atoms with Crippen molar-refractivity contribution in [3.05, 3.63) is 77.1 Å². The molecule has 10 heteroatoms. The highest BCUT2D eigenvalue weighted by molar-refractivity contribution is 6.31. The first-order valence-corrected chi connectivity index (χ1v) is 11.1. The fourth-order valence-corrected chi connectivity index (χ4v) is 3.67. The van der Waals surface area contributed by atoms with Gasteiger partial charge in [-0.05, 0) is 35.7 Å². The predicted molar refractivity (Wildman–Crippen MR) is 131 cm³/mol. The molecule has 2 amide bonds. The Morgan fingerprint density at radius 1 is 1.09 bits per heavy atom. The van der Waals surface area contributed by atoms with E-state index in [1.54, 1.807) is 14.1 Å². The Balaban J connectivity index is 2.02. The molecule has 0 aromatic heterocycles. The molecular weight excluding hydrogens is 457 g/mol. The number of anilines is 1. The lowest BCUT2D eigenvalue weighted by molar-refractivity contribution is -0.137. The summed E-state index contributed by atoms with van der Waals surface area (Å²) in [6.07, 6.45) is -4.41. The van der Waals surface area contributed by atoms with E-state index in [9.17, 15) is 18.0 Å². The van der Waals surface area contributed by atoms with Crippen molar-refractivity contribution in [3.8, 4) is 0 Å². The standard InChI is InChI=1S/C25H29F3N6O/c1-16(2)15-34-21(29)20(23(30-3)33(4)24(34)35)22(32-19-8-6-5-7-9-19)31-14-17-10-12-18(13-11-17)25(26,27)28/h5-13,16,29,31-32H,14-15H2,1-4H3/b22-20-,29-21?,30-23-. The Kier molecular flexibility index (Phi) is 7.83.